The standard InChI is InChI=1S/C13H16O4/c1-13(2)10(11(13)12(15)16)7-4-5-9(17-3)8(14)6-7/h4-6,10-11,14H,1-3H3,(H,15,16)/t10-,11+/m1/s1. The number of aromatic hydroxyl groups is 1. The second kappa shape index (κ2) is 3.65. The second-order valence-electron chi connectivity index (χ2n) is 5.05. The van der Waals surface area contributed by atoms with E-state index in [1.807, 2.05) is 19.9 Å². The zero-order valence-electron chi connectivity index (χ0n) is 10.1. The van der Waals surface area contributed by atoms with E-state index in [0.717, 1.165) is 5.56 Å². The molecule has 2 rings (SSSR count). The van der Waals surface area contributed by atoms with Crippen molar-refractivity contribution in [2.24, 2.45) is 11.3 Å². The molecule has 17 heavy (non-hydrogen) atoms. The molecule has 4 heteroatoms. The number of carboxylic acids is 1. The zero-order valence-corrected chi connectivity index (χ0v) is 10.1. The number of hydrogen-bond donors (Lipinski definition) is 2. The fourth-order valence-corrected chi connectivity index (χ4v) is 2.62. The highest BCUT2D eigenvalue weighted by molar-refractivity contribution is 5.77. The average molecular weight is 236 g/mol. The summed E-state index contributed by atoms with van der Waals surface area (Å²) >= 11 is 0. The topological polar surface area (TPSA) is 66.8 Å². The maximum Gasteiger partial charge on any atom is 0.307 e. The minimum atomic E-state index is -0.782. The van der Waals surface area contributed by atoms with E-state index in [9.17, 15) is 9.90 Å². The molecule has 1 aliphatic carbocycles. The molecule has 1 aromatic carbocycles. The van der Waals surface area contributed by atoms with Gasteiger partial charge in [-0.2, -0.15) is 0 Å². The van der Waals surface area contributed by atoms with Crippen LogP contribution >= 0.6 is 0 Å². The van der Waals surface area contributed by atoms with Crippen LogP contribution in [-0.4, -0.2) is 23.3 Å². The summed E-state index contributed by atoms with van der Waals surface area (Å²) in [6.07, 6.45) is 0. The number of benzene rings is 1. The predicted octanol–water partition coefficient (Wildman–Crippen LogP) is 2.23. The molecule has 1 aliphatic rings. The smallest absolute Gasteiger partial charge is 0.307 e. The number of phenols is 1. The molecule has 4 nitrogen and oxygen atoms in total. The minimum Gasteiger partial charge on any atom is -0.504 e. The maximum absolute atomic E-state index is 11.1. The van der Waals surface area contributed by atoms with Gasteiger partial charge in [-0.15, -0.1) is 0 Å². The summed E-state index contributed by atoms with van der Waals surface area (Å²) in [6.45, 7) is 3.86. The average Bonchev–Trinajstić information content (AvgIpc) is 2.81. The molecule has 0 spiro atoms. The first-order chi connectivity index (χ1) is 7.89. The van der Waals surface area contributed by atoms with E-state index in [2.05, 4.69) is 0 Å². The van der Waals surface area contributed by atoms with Gasteiger partial charge in [0.2, 0.25) is 0 Å². The summed E-state index contributed by atoms with van der Waals surface area (Å²) in [5.41, 5.74) is 0.591. The molecule has 2 N–H and O–H groups in total. The normalized spacial score (nSPS) is 25.4. The highest BCUT2D eigenvalue weighted by Gasteiger charge is 2.62. The van der Waals surface area contributed by atoms with E-state index in [4.69, 9.17) is 9.84 Å². The minimum absolute atomic E-state index is 0.0446. The third-order valence-electron chi connectivity index (χ3n) is 3.66. The molecule has 0 amide bonds. The fraction of sp³-hybridized carbons (Fsp3) is 0.462. The second-order valence-corrected chi connectivity index (χ2v) is 5.05. The van der Waals surface area contributed by atoms with Crippen LogP contribution in [0.2, 0.25) is 0 Å². The highest BCUT2D eigenvalue weighted by Crippen LogP contribution is 2.64. The van der Waals surface area contributed by atoms with Gasteiger partial charge in [0.1, 0.15) is 0 Å². The lowest BCUT2D eigenvalue weighted by atomic mass is 10.0. The molecule has 0 radical (unpaired) electrons. The fourth-order valence-electron chi connectivity index (χ4n) is 2.62. The van der Waals surface area contributed by atoms with Gasteiger partial charge >= 0.3 is 5.97 Å². The molecular weight excluding hydrogens is 220 g/mol. The first kappa shape index (κ1) is 11.8. The molecule has 1 aromatic rings. The Morgan fingerprint density at radius 3 is 2.47 bits per heavy atom. The van der Waals surface area contributed by atoms with E-state index in [1.54, 1.807) is 12.1 Å². The van der Waals surface area contributed by atoms with Crippen LogP contribution in [0, 0.1) is 11.3 Å². The third-order valence-corrected chi connectivity index (χ3v) is 3.66. The van der Waals surface area contributed by atoms with E-state index in [0.29, 0.717) is 5.75 Å². The van der Waals surface area contributed by atoms with Crippen molar-refractivity contribution < 1.29 is 19.7 Å². The van der Waals surface area contributed by atoms with Crippen molar-refractivity contribution in [2.45, 2.75) is 19.8 Å². The van der Waals surface area contributed by atoms with Gasteiger partial charge in [0.15, 0.2) is 11.5 Å². The van der Waals surface area contributed by atoms with Crippen molar-refractivity contribution >= 4 is 5.97 Å². The first-order valence-electron chi connectivity index (χ1n) is 5.49. The number of rotatable bonds is 3. The number of methoxy groups -OCH3 is 1. The van der Waals surface area contributed by atoms with Gasteiger partial charge in [-0.1, -0.05) is 19.9 Å². The number of carbonyl (C=O) groups is 1. The van der Waals surface area contributed by atoms with Gasteiger partial charge < -0.3 is 14.9 Å². The molecular formula is C13H16O4. The molecule has 0 heterocycles. The number of carboxylic acid groups (broad SMARTS) is 1. The van der Waals surface area contributed by atoms with Gasteiger partial charge in [0.25, 0.3) is 0 Å². The van der Waals surface area contributed by atoms with Crippen LogP contribution in [0.15, 0.2) is 18.2 Å². The lowest BCUT2D eigenvalue weighted by Crippen LogP contribution is -2.03. The maximum atomic E-state index is 11.1. The predicted molar refractivity (Wildman–Crippen MR) is 62.3 cm³/mol. The summed E-state index contributed by atoms with van der Waals surface area (Å²) in [7, 11) is 1.48. The Morgan fingerprint density at radius 2 is 2.06 bits per heavy atom. The summed E-state index contributed by atoms with van der Waals surface area (Å²) in [5.74, 6) is -0.752. The van der Waals surface area contributed by atoms with E-state index in [1.165, 1.54) is 7.11 Å². The summed E-state index contributed by atoms with van der Waals surface area (Å²) in [4.78, 5) is 11.1. The van der Waals surface area contributed by atoms with Gasteiger partial charge in [-0.25, -0.2) is 0 Å². The van der Waals surface area contributed by atoms with Crippen molar-refractivity contribution in [3.05, 3.63) is 23.8 Å². The van der Waals surface area contributed by atoms with Crippen LogP contribution in [0.5, 0.6) is 11.5 Å². The highest BCUT2D eigenvalue weighted by atomic mass is 16.5. The lowest BCUT2D eigenvalue weighted by molar-refractivity contribution is -0.139. The van der Waals surface area contributed by atoms with Crippen molar-refractivity contribution in [3.8, 4) is 11.5 Å². The molecule has 1 saturated carbocycles. The van der Waals surface area contributed by atoms with Crippen LogP contribution in [0.25, 0.3) is 0 Å². The van der Waals surface area contributed by atoms with Crippen LogP contribution < -0.4 is 4.74 Å². The van der Waals surface area contributed by atoms with E-state index >= 15 is 0 Å². The quantitative estimate of drug-likeness (QED) is 0.844. The Morgan fingerprint density at radius 1 is 1.41 bits per heavy atom. The SMILES string of the molecule is COc1ccc([C@@H]2[C@@H](C(=O)O)C2(C)C)cc1O. The molecule has 2 atom stereocenters. The molecule has 0 bridgehead atoms. The summed E-state index contributed by atoms with van der Waals surface area (Å²) in [5, 5.41) is 18.8. The number of hydrogen-bond acceptors (Lipinski definition) is 3. The number of phenolic OH excluding ortho intramolecular Hbond substituents is 1. The Labute approximate surface area is 99.8 Å². The van der Waals surface area contributed by atoms with Gasteiger partial charge in [-0.3, -0.25) is 4.79 Å². The molecule has 92 valence electrons. The van der Waals surface area contributed by atoms with Crippen LogP contribution in [0.3, 0.4) is 0 Å². The molecule has 1 fully saturated rings. The molecule has 0 unspecified atom stereocenters. The van der Waals surface area contributed by atoms with Gasteiger partial charge in [0, 0.05) is 5.92 Å². The zero-order chi connectivity index (χ0) is 12.8. The summed E-state index contributed by atoms with van der Waals surface area (Å²) in [6, 6.07) is 5.07. The Bertz CT molecular complexity index is 464. The van der Waals surface area contributed by atoms with Crippen LogP contribution in [0.1, 0.15) is 25.3 Å². The van der Waals surface area contributed by atoms with Crippen molar-refractivity contribution in [1.29, 1.82) is 0 Å². The van der Waals surface area contributed by atoms with Crippen LogP contribution in [0.4, 0.5) is 0 Å². The molecule has 0 aliphatic heterocycles. The van der Waals surface area contributed by atoms with E-state index < -0.39 is 5.97 Å². The Balaban J connectivity index is 2.31. The number of ether oxygens (including phenoxy) is 1. The number of aliphatic carboxylic acids is 1. The Hall–Kier alpha value is -1.71. The largest absolute Gasteiger partial charge is 0.504 e. The third kappa shape index (κ3) is 1.73. The van der Waals surface area contributed by atoms with Gasteiger partial charge in [-0.05, 0) is 23.1 Å². The van der Waals surface area contributed by atoms with Crippen molar-refractivity contribution in [1.82, 2.24) is 0 Å². The first-order valence-corrected chi connectivity index (χ1v) is 5.49. The monoisotopic (exact) mass is 236 g/mol. The van der Waals surface area contributed by atoms with Crippen molar-refractivity contribution in [3.63, 3.8) is 0 Å². The Kier molecular flexibility index (Phi) is 2.53. The van der Waals surface area contributed by atoms with Crippen LogP contribution in [-0.2, 0) is 4.79 Å². The molecule has 0 aromatic heterocycles. The summed E-state index contributed by atoms with van der Waals surface area (Å²) < 4.78 is 4.96. The van der Waals surface area contributed by atoms with Gasteiger partial charge in [0.05, 0.1) is 13.0 Å². The van der Waals surface area contributed by atoms with Crippen molar-refractivity contribution in [2.75, 3.05) is 7.11 Å². The molecule has 0 saturated heterocycles. The van der Waals surface area contributed by atoms with E-state index in [-0.39, 0.29) is 23.0 Å². The lowest BCUT2D eigenvalue weighted by Gasteiger charge is -2.07.